The number of hydrogen-bond donors (Lipinski definition) is 1. The summed E-state index contributed by atoms with van der Waals surface area (Å²) >= 11 is 0. The highest BCUT2D eigenvalue weighted by molar-refractivity contribution is 5.95. The highest BCUT2D eigenvalue weighted by atomic mass is 16.3. The lowest BCUT2D eigenvalue weighted by Crippen LogP contribution is -2.37. The monoisotopic (exact) mass is 321 g/mol. The van der Waals surface area contributed by atoms with E-state index in [2.05, 4.69) is 15.2 Å². The number of fused-ring (bicyclic) bond motifs is 1. The summed E-state index contributed by atoms with van der Waals surface area (Å²) in [4.78, 5) is 18.9. The van der Waals surface area contributed by atoms with E-state index in [-0.39, 0.29) is 11.9 Å². The molecule has 1 aromatic heterocycles. The zero-order valence-corrected chi connectivity index (χ0v) is 13.5. The van der Waals surface area contributed by atoms with Crippen LogP contribution >= 0.6 is 0 Å². The number of nitrogens with zero attached hydrogens (tertiary/aromatic N) is 2. The molecule has 0 bridgehead atoms. The van der Waals surface area contributed by atoms with Gasteiger partial charge in [0, 0.05) is 11.3 Å². The van der Waals surface area contributed by atoms with E-state index in [1.807, 2.05) is 55.6 Å². The van der Waals surface area contributed by atoms with Gasteiger partial charge in [0.1, 0.15) is 5.52 Å². The van der Waals surface area contributed by atoms with Crippen LogP contribution in [0.4, 0.5) is 5.69 Å². The highest BCUT2D eigenvalue weighted by Crippen LogP contribution is 2.25. The van der Waals surface area contributed by atoms with Crippen LogP contribution in [0, 0.1) is 0 Å². The van der Waals surface area contributed by atoms with E-state index in [0.717, 1.165) is 41.7 Å². The molecule has 1 fully saturated rings. The average Bonchev–Trinajstić information content (AvgIpc) is 3.21. The summed E-state index contributed by atoms with van der Waals surface area (Å²) in [6.45, 7) is 0.981. The van der Waals surface area contributed by atoms with Crippen molar-refractivity contribution in [2.45, 2.75) is 18.9 Å². The molecule has 2 aromatic carbocycles. The Hall–Kier alpha value is -2.66. The van der Waals surface area contributed by atoms with E-state index in [4.69, 9.17) is 4.42 Å². The Morgan fingerprint density at radius 1 is 1.21 bits per heavy atom. The first-order chi connectivity index (χ1) is 11.7. The average molecular weight is 321 g/mol. The maximum absolute atomic E-state index is 12.3. The number of anilines is 1. The van der Waals surface area contributed by atoms with Gasteiger partial charge in [-0.15, -0.1) is 0 Å². The van der Waals surface area contributed by atoms with E-state index in [1.54, 1.807) is 0 Å². The van der Waals surface area contributed by atoms with E-state index in [0.29, 0.717) is 5.89 Å². The summed E-state index contributed by atoms with van der Waals surface area (Å²) in [5, 5.41) is 2.99. The molecule has 0 saturated carbocycles. The molecule has 4 rings (SSSR count). The van der Waals surface area contributed by atoms with Crippen molar-refractivity contribution in [2.24, 2.45) is 0 Å². The van der Waals surface area contributed by atoms with Crippen LogP contribution in [0.2, 0.25) is 0 Å². The fourth-order valence-corrected chi connectivity index (χ4v) is 3.16. The van der Waals surface area contributed by atoms with Crippen LogP contribution in [-0.4, -0.2) is 35.4 Å². The molecule has 0 radical (unpaired) electrons. The number of amides is 1. The Labute approximate surface area is 140 Å². The highest BCUT2D eigenvalue weighted by Gasteiger charge is 2.27. The second kappa shape index (κ2) is 6.09. The lowest BCUT2D eigenvalue weighted by molar-refractivity contribution is -0.119. The number of likely N-dealkylation sites (tertiary alicyclic amines) is 1. The quantitative estimate of drug-likeness (QED) is 0.802. The van der Waals surface area contributed by atoms with Gasteiger partial charge in [0.2, 0.25) is 11.8 Å². The van der Waals surface area contributed by atoms with Gasteiger partial charge in [0.25, 0.3) is 0 Å². The molecule has 5 nitrogen and oxygen atoms in total. The predicted octanol–water partition coefficient (Wildman–Crippen LogP) is 3.53. The van der Waals surface area contributed by atoms with Crippen LogP contribution in [-0.2, 0) is 4.79 Å². The number of carbonyl (C=O) groups excluding carboxylic acids is 1. The van der Waals surface area contributed by atoms with Gasteiger partial charge >= 0.3 is 0 Å². The van der Waals surface area contributed by atoms with Crippen molar-refractivity contribution in [2.75, 3.05) is 18.9 Å². The van der Waals surface area contributed by atoms with Crippen molar-refractivity contribution >= 4 is 22.7 Å². The van der Waals surface area contributed by atoms with E-state index in [1.165, 1.54) is 0 Å². The minimum atomic E-state index is -0.0262. The topological polar surface area (TPSA) is 58.4 Å². The molecule has 2 heterocycles. The van der Waals surface area contributed by atoms with Gasteiger partial charge in [-0.3, -0.25) is 9.69 Å². The van der Waals surface area contributed by atoms with E-state index >= 15 is 0 Å². The SMILES string of the molecule is CN1CCCC1C(=O)Nc1ccc(-c2nc3ccccc3o2)cc1. The zero-order valence-electron chi connectivity index (χ0n) is 13.5. The number of oxazole rings is 1. The minimum absolute atomic E-state index is 0.0262. The molecule has 0 aliphatic carbocycles. The first-order valence-corrected chi connectivity index (χ1v) is 8.18. The Bertz CT molecular complexity index is 837. The maximum atomic E-state index is 12.3. The van der Waals surface area contributed by atoms with Gasteiger partial charge in [-0.1, -0.05) is 12.1 Å². The number of nitrogens with one attached hydrogen (secondary N) is 1. The molecule has 1 aliphatic heterocycles. The first-order valence-electron chi connectivity index (χ1n) is 8.18. The molecule has 1 atom stereocenters. The summed E-state index contributed by atoms with van der Waals surface area (Å²) < 4.78 is 5.77. The second-order valence-corrected chi connectivity index (χ2v) is 6.19. The van der Waals surface area contributed by atoms with E-state index in [9.17, 15) is 4.79 Å². The molecule has 1 unspecified atom stereocenters. The smallest absolute Gasteiger partial charge is 0.241 e. The molecular formula is C19H19N3O2. The van der Waals surface area contributed by atoms with Crippen LogP contribution < -0.4 is 5.32 Å². The van der Waals surface area contributed by atoms with Gasteiger partial charge in [-0.05, 0) is 62.8 Å². The summed E-state index contributed by atoms with van der Waals surface area (Å²) in [5.41, 5.74) is 3.30. The molecule has 122 valence electrons. The molecule has 3 aromatic rings. The lowest BCUT2D eigenvalue weighted by Gasteiger charge is -2.18. The second-order valence-electron chi connectivity index (χ2n) is 6.19. The molecule has 1 N–H and O–H groups in total. The third-order valence-electron chi connectivity index (χ3n) is 4.52. The first kappa shape index (κ1) is 14.9. The van der Waals surface area contributed by atoms with Crippen LogP contribution in [0.25, 0.3) is 22.6 Å². The number of carbonyl (C=O) groups is 1. The third-order valence-corrected chi connectivity index (χ3v) is 4.52. The number of likely N-dealkylation sites (N-methyl/N-ethyl adjacent to an activating group) is 1. The fraction of sp³-hybridized carbons (Fsp3) is 0.263. The summed E-state index contributed by atoms with van der Waals surface area (Å²) in [7, 11) is 1.99. The summed E-state index contributed by atoms with van der Waals surface area (Å²) in [6.07, 6.45) is 1.99. The normalized spacial score (nSPS) is 18.1. The number of aromatic nitrogens is 1. The largest absolute Gasteiger partial charge is 0.436 e. The van der Waals surface area contributed by atoms with Gasteiger partial charge in [0.15, 0.2) is 5.58 Å². The van der Waals surface area contributed by atoms with Crippen molar-refractivity contribution in [1.82, 2.24) is 9.88 Å². The Balaban J connectivity index is 1.51. The Kier molecular flexibility index (Phi) is 3.78. The summed E-state index contributed by atoms with van der Waals surface area (Å²) in [6, 6.07) is 15.3. The molecular weight excluding hydrogens is 302 g/mol. The number of benzene rings is 2. The van der Waals surface area contributed by atoms with E-state index < -0.39 is 0 Å². The predicted molar refractivity (Wildman–Crippen MR) is 93.7 cm³/mol. The van der Waals surface area contributed by atoms with Crippen molar-refractivity contribution in [1.29, 1.82) is 0 Å². The van der Waals surface area contributed by atoms with Crippen molar-refractivity contribution in [3.8, 4) is 11.5 Å². The third kappa shape index (κ3) is 2.78. The minimum Gasteiger partial charge on any atom is -0.436 e. The van der Waals surface area contributed by atoms with Crippen molar-refractivity contribution in [3.63, 3.8) is 0 Å². The Morgan fingerprint density at radius 3 is 2.71 bits per heavy atom. The molecule has 1 amide bonds. The fourth-order valence-electron chi connectivity index (χ4n) is 3.16. The van der Waals surface area contributed by atoms with Crippen LogP contribution in [0.5, 0.6) is 0 Å². The van der Waals surface area contributed by atoms with Crippen LogP contribution in [0.3, 0.4) is 0 Å². The number of hydrogen-bond acceptors (Lipinski definition) is 4. The van der Waals surface area contributed by atoms with Crippen LogP contribution in [0.1, 0.15) is 12.8 Å². The standard InChI is InChI=1S/C19H19N3O2/c1-22-12-4-6-16(22)18(23)20-14-10-8-13(9-11-14)19-21-15-5-2-3-7-17(15)24-19/h2-3,5,7-11,16H,4,6,12H2,1H3,(H,20,23). The summed E-state index contributed by atoms with van der Waals surface area (Å²) in [5.74, 6) is 0.647. The molecule has 1 saturated heterocycles. The Morgan fingerprint density at radius 2 is 2.00 bits per heavy atom. The van der Waals surface area contributed by atoms with Gasteiger partial charge in [-0.2, -0.15) is 0 Å². The number of para-hydroxylation sites is 2. The van der Waals surface area contributed by atoms with Gasteiger partial charge in [0.05, 0.1) is 6.04 Å². The van der Waals surface area contributed by atoms with Gasteiger partial charge < -0.3 is 9.73 Å². The van der Waals surface area contributed by atoms with Crippen LogP contribution in [0.15, 0.2) is 52.9 Å². The van der Waals surface area contributed by atoms with Gasteiger partial charge in [-0.25, -0.2) is 4.98 Å². The zero-order chi connectivity index (χ0) is 16.5. The van der Waals surface area contributed by atoms with Crippen molar-refractivity contribution < 1.29 is 9.21 Å². The lowest BCUT2D eigenvalue weighted by atomic mass is 10.1. The maximum Gasteiger partial charge on any atom is 0.241 e. The number of rotatable bonds is 3. The molecule has 1 aliphatic rings. The molecule has 24 heavy (non-hydrogen) atoms. The van der Waals surface area contributed by atoms with Crippen molar-refractivity contribution in [3.05, 3.63) is 48.5 Å². The molecule has 5 heteroatoms. The molecule has 0 spiro atoms.